The van der Waals surface area contributed by atoms with Gasteiger partial charge in [0.2, 0.25) is 10.0 Å². The second-order valence-corrected chi connectivity index (χ2v) is 7.31. The number of hydrogen-bond donors (Lipinski definition) is 1. The van der Waals surface area contributed by atoms with E-state index in [2.05, 4.69) is 5.32 Å². The molecule has 2 rings (SSSR count). The van der Waals surface area contributed by atoms with Crippen LogP contribution in [0.1, 0.15) is 20.3 Å². The number of benzene rings is 1. The van der Waals surface area contributed by atoms with Gasteiger partial charge < -0.3 is 5.32 Å². The van der Waals surface area contributed by atoms with E-state index >= 15 is 0 Å². The van der Waals surface area contributed by atoms with E-state index < -0.39 is 21.7 Å². The minimum Gasteiger partial charge on any atom is -0.314 e. The van der Waals surface area contributed by atoms with Gasteiger partial charge in [0.05, 0.1) is 4.90 Å². The Bertz CT molecular complexity index is 607. The van der Waals surface area contributed by atoms with E-state index in [-0.39, 0.29) is 16.9 Å². The topological polar surface area (TPSA) is 49.4 Å². The molecule has 4 nitrogen and oxygen atoms in total. The zero-order chi connectivity index (χ0) is 15.6. The Balaban J connectivity index is 2.19. The number of nitrogens with zero attached hydrogens (tertiary/aromatic N) is 1. The summed E-state index contributed by atoms with van der Waals surface area (Å²) in [5, 5.41) is 3.33. The summed E-state index contributed by atoms with van der Waals surface area (Å²) in [4.78, 5) is -0.199. The van der Waals surface area contributed by atoms with Crippen LogP contribution in [-0.4, -0.2) is 38.4 Å². The van der Waals surface area contributed by atoms with Gasteiger partial charge in [0.25, 0.3) is 0 Å². The molecule has 0 aromatic heterocycles. The van der Waals surface area contributed by atoms with Gasteiger partial charge in [0.15, 0.2) is 11.6 Å². The molecule has 7 heteroatoms. The van der Waals surface area contributed by atoms with E-state index in [0.29, 0.717) is 19.5 Å². The standard InChI is InChI=1S/C14H20F2N2O2S/c1-3-17-14-6-7-18(9-10(14)2)21(19,20)11-4-5-12(15)13(16)8-11/h4-5,8,10,14,17H,3,6-7,9H2,1-2H3. The lowest BCUT2D eigenvalue weighted by atomic mass is 9.95. The molecule has 1 aromatic rings. The minimum atomic E-state index is -3.77. The maximum Gasteiger partial charge on any atom is 0.243 e. The molecule has 0 aliphatic carbocycles. The van der Waals surface area contributed by atoms with Crippen LogP contribution in [0.5, 0.6) is 0 Å². The maximum absolute atomic E-state index is 13.2. The highest BCUT2D eigenvalue weighted by Crippen LogP contribution is 2.24. The van der Waals surface area contributed by atoms with Gasteiger partial charge in [-0.3, -0.25) is 0 Å². The van der Waals surface area contributed by atoms with Crippen molar-refractivity contribution in [2.24, 2.45) is 5.92 Å². The SMILES string of the molecule is CCNC1CCN(S(=O)(=O)c2ccc(F)c(F)c2)CC1C. The monoisotopic (exact) mass is 318 g/mol. The van der Waals surface area contributed by atoms with E-state index in [4.69, 9.17) is 0 Å². The number of piperidine rings is 1. The number of rotatable bonds is 4. The largest absolute Gasteiger partial charge is 0.314 e. The van der Waals surface area contributed by atoms with Gasteiger partial charge in [-0.1, -0.05) is 13.8 Å². The van der Waals surface area contributed by atoms with Crippen molar-refractivity contribution in [1.82, 2.24) is 9.62 Å². The average molecular weight is 318 g/mol. The van der Waals surface area contributed by atoms with Crippen LogP contribution < -0.4 is 5.32 Å². The van der Waals surface area contributed by atoms with Crippen molar-refractivity contribution < 1.29 is 17.2 Å². The number of nitrogens with one attached hydrogen (secondary N) is 1. The smallest absolute Gasteiger partial charge is 0.243 e. The van der Waals surface area contributed by atoms with Crippen LogP contribution in [0.4, 0.5) is 8.78 Å². The fraction of sp³-hybridized carbons (Fsp3) is 0.571. The Kier molecular flexibility index (Phi) is 4.95. The van der Waals surface area contributed by atoms with Gasteiger partial charge in [-0.05, 0) is 37.1 Å². The van der Waals surface area contributed by atoms with Gasteiger partial charge in [-0.25, -0.2) is 17.2 Å². The summed E-state index contributed by atoms with van der Waals surface area (Å²) in [5.41, 5.74) is 0. The average Bonchev–Trinajstić information content (AvgIpc) is 2.44. The Morgan fingerprint density at radius 3 is 2.62 bits per heavy atom. The summed E-state index contributed by atoms with van der Waals surface area (Å²) >= 11 is 0. The van der Waals surface area contributed by atoms with E-state index in [1.165, 1.54) is 4.31 Å². The first-order valence-corrected chi connectivity index (χ1v) is 8.49. The third-order valence-electron chi connectivity index (χ3n) is 3.86. The fourth-order valence-electron chi connectivity index (χ4n) is 2.68. The Hall–Kier alpha value is -1.05. The number of hydrogen-bond acceptors (Lipinski definition) is 3. The molecule has 1 aliphatic heterocycles. The van der Waals surface area contributed by atoms with Gasteiger partial charge in [0, 0.05) is 19.1 Å². The van der Waals surface area contributed by atoms with Crippen LogP contribution in [0.2, 0.25) is 0 Å². The first kappa shape index (κ1) is 16.3. The van der Waals surface area contributed by atoms with Crippen molar-refractivity contribution in [3.8, 4) is 0 Å². The molecule has 1 aliphatic rings. The predicted octanol–water partition coefficient (Wildman–Crippen LogP) is 1.97. The summed E-state index contributed by atoms with van der Waals surface area (Å²) in [6.45, 7) is 5.59. The zero-order valence-corrected chi connectivity index (χ0v) is 13.0. The molecule has 118 valence electrons. The highest BCUT2D eigenvalue weighted by molar-refractivity contribution is 7.89. The Labute approximate surface area is 124 Å². The molecule has 1 heterocycles. The molecule has 0 amide bonds. The van der Waals surface area contributed by atoms with Crippen LogP contribution in [0, 0.1) is 17.6 Å². The van der Waals surface area contributed by atoms with Crippen molar-refractivity contribution in [3.05, 3.63) is 29.8 Å². The van der Waals surface area contributed by atoms with Crippen LogP contribution in [-0.2, 0) is 10.0 Å². The molecule has 2 atom stereocenters. The fourth-order valence-corrected chi connectivity index (χ4v) is 4.25. The van der Waals surface area contributed by atoms with Gasteiger partial charge in [-0.2, -0.15) is 4.31 Å². The number of sulfonamides is 1. The Morgan fingerprint density at radius 1 is 1.33 bits per heavy atom. The van der Waals surface area contributed by atoms with Gasteiger partial charge in [0.1, 0.15) is 0 Å². The second kappa shape index (κ2) is 6.37. The molecule has 1 fully saturated rings. The normalized spacial score (nSPS) is 24.2. The zero-order valence-electron chi connectivity index (χ0n) is 12.1. The molecule has 0 bridgehead atoms. The van der Waals surface area contributed by atoms with Crippen molar-refractivity contribution >= 4 is 10.0 Å². The van der Waals surface area contributed by atoms with E-state index in [0.717, 1.165) is 24.7 Å². The highest BCUT2D eigenvalue weighted by Gasteiger charge is 2.33. The quantitative estimate of drug-likeness (QED) is 0.923. The van der Waals surface area contributed by atoms with Crippen molar-refractivity contribution in [3.63, 3.8) is 0 Å². The third kappa shape index (κ3) is 3.41. The third-order valence-corrected chi connectivity index (χ3v) is 5.72. The van der Waals surface area contributed by atoms with Crippen molar-refractivity contribution in [2.75, 3.05) is 19.6 Å². The van der Waals surface area contributed by atoms with Crippen molar-refractivity contribution in [1.29, 1.82) is 0 Å². The van der Waals surface area contributed by atoms with E-state index in [9.17, 15) is 17.2 Å². The summed E-state index contributed by atoms with van der Waals surface area (Å²) in [5.74, 6) is -2.03. The lowest BCUT2D eigenvalue weighted by Crippen LogP contribution is -2.49. The van der Waals surface area contributed by atoms with E-state index in [1.54, 1.807) is 0 Å². The second-order valence-electron chi connectivity index (χ2n) is 5.37. The predicted molar refractivity (Wildman–Crippen MR) is 76.4 cm³/mol. The summed E-state index contributed by atoms with van der Waals surface area (Å²) in [6, 6.07) is 2.98. The van der Waals surface area contributed by atoms with Gasteiger partial charge >= 0.3 is 0 Å². The van der Waals surface area contributed by atoms with Crippen molar-refractivity contribution in [2.45, 2.75) is 31.2 Å². The van der Waals surface area contributed by atoms with Crippen LogP contribution in [0.3, 0.4) is 0 Å². The summed E-state index contributed by atoms with van der Waals surface area (Å²) in [7, 11) is -3.77. The van der Waals surface area contributed by atoms with E-state index in [1.807, 2.05) is 13.8 Å². The molecule has 0 spiro atoms. The molecule has 1 N–H and O–H groups in total. The first-order chi connectivity index (χ1) is 9.86. The minimum absolute atomic E-state index is 0.166. The van der Waals surface area contributed by atoms with Crippen LogP contribution in [0.25, 0.3) is 0 Å². The van der Waals surface area contributed by atoms with Crippen LogP contribution in [0.15, 0.2) is 23.1 Å². The lowest BCUT2D eigenvalue weighted by Gasteiger charge is -2.36. The molecule has 21 heavy (non-hydrogen) atoms. The van der Waals surface area contributed by atoms with Crippen LogP contribution >= 0.6 is 0 Å². The highest BCUT2D eigenvalue weighted by atomic mass is 32.2. The summed E-state index contributed by atoms with van der Waals surface area (Å²) < 4.78 is 52.5. The molecular formula is C14H20F2N2O2S. The summed E-state index contributed by atoms with van der Waals surface area (Å²) in [6.07, 6.45) is 0.706. The molecule has 0 radical (unpaired) electrons. The maximum atomic E-state index is 13.2. The molecule has 0 saturated carbocycles. The molecular weight excluding hydrogens is 298 g/mol. The molecule has 1 saturated heterocycles. The first-order valence-electron chi connectivity index (χ1n) is 7.05. The molecule has 2 unspecified atom stereocenters. The number of halogens is 2. The molecule has 1 aromatic carbocycles. The Morgan fingerprint density at radius 2 is 2.05 bits per heavy atom. The van der Waals surface area contributed by atoms with Gasteiger partial charge in [-0.15, -0.1) is 0 Å². The lowest BCUT2D eigenvalue weighted by molar-refractivity contribution is 0.222.